The van der Waals surface area contributed by atoms with E-state index in [4.69, 9.17) is 4.74 Å². The van der Waals surface area contributed by atoms with Crippen LogP contribution in [-0.4, -0.2) is 23.9 Å². The van der Waals surface area contributed by atoms with E-state index in [2.05, 4.69) is 6.92 Å². The Morgan fingerprint density at radius 2 is 1.62 bits per heavy atom. The Labute approximate surface area is 99.4 Å². The fourth-order valence-corrected chi connectivity index (χ4v) is 3.42. The van der Waals surface area contributed by atoms with Crippen molar-refractivity contribution >= 4 is 0 Å². The molecule has 1 N–H and O–H groups in total. The summed E-state index contributed by atoms with van der Waals surface area (Å²) in [5.74, 6) is 0. The fourth-order valence-electron chi connectivity index (χ4n) is 3.42. The maximum absolute atomic E-state index is 10.4. The predicted molar refractivity (Wildman–Crippen MR) is 65.4 cm³/mol. The maximum Gasteiger partial charge on any atom is 0.0880 e. The topological polar surface area (TPSA) is 29.5 Å². The fraction of sp³-hybridized carbons (Fsp3) is 1.00. The standard InChI is InChI=1S/C14H26O2/c1-2-11-16-12-14(15)9-7-13(8-10-14)5-3-4-6-13/h15H,2-12H2,1H3. The number of ether oxygens (including phenoxy) is 1. The summed E-state index contributed by atoms with van der Waals surface area (Å²) in [7, 11) is 0. The third kappa shape index (κ3) is 2.78. The van der Waals surface area contributed by atoms with Gasteiger partial charge in [-0.25, -0.2) is 0 Å². The quantitative estimate of drug-likeness (QED) is 0.745. The van der Waals surface area contributed by atoms with Crippen molar-refractivity contribution in [1.29, 1.82) is 0 Å². The molecule has 2 aliphatic rings. The Morgan fingerprint density at radius 3 is 2.19 bits per heavy atom. The van der Waals surface area contributed by atoms with E-state index in [1.807, 2.05) is 0 Å². The van der Waals surface area contributed by atoms with Gasteiger partial charge in [0.2, 0.25) is 0 Å². The van der Waals surface area contributed by atoms with E-state index in [-0.39, 0.29) is 0 Å². The molecule has 2 aliphatic carbocycles. The predicted octanol–water partition coefficient (Wildman–Crippen LogP) is 3.28. The van der Waals surface area contributed by atoms with Crippen LogP contribution >= 0.6 is 0 Å². The minimum Gasteiger partial charge on any atom is -0.387 e. The molecular formula is C14H26O2. The number of hydrogen-bond donors (Lipinski definition) is 1. The minimum atomic E-state index is -0.511. The van der Waals surface area contributed by atoms with Crippen LogP contribution in [0.1, 0.15) is 64.7 Å². The second-order valence-corrected chi connectivity index (χ2v) is 5.98. The molecule has 0 atom stereocenters. The van der Waals surface area contributed by atoms with Crippen molar-refractivity contribution in [2.45, 2.75) is 70.3 Å². The molecule has 0 amide bonds. The third-order valence-corrected chi connectivity index (χ3v) is 4.62. The van der Waals surface area contributed by atoms with Gasteiger partial charge in [-0.1, -0.05) is 19.8 Å². The van der Waals surface area contributed by atoms with Gasteiger partial charge in [-0.2, -0.15) is 0 Å². The van der Waals surface area contributed by atoms with E-state index < -0.39 is 5.60 Å². The molecule has 0 heterocycles. The summed E-state index contributed by atoms with van der Waals surface area (Å²) in [6.45, 7) is 3.45. The Balaban J connectivity index is 1.78. The van der Waals surface area contributed by atoms with Crippen molar-refractivity contribution in [3.63, 3.8) is 0 Å². The molecule has 0 aromatic carbocycles. The van der Waals surface area contributed by atoms with Crippen LogP contribution < -0.4 is 0 Å². The number of hydrogen-bond acceptors (Lipinski definition) is 2. The van der Waals surface area contributed by atoms with Gasteiger partial charge in [-0.15, -0.1) is 0 Å². The van der Waals surface area contributed by atoms with Crippen molar-refractivity contribution in [1.82, 2.24) is 0 Å². The highest BCUT2D eigenvalue weighted by Gasteiger charge is 2.42. The van der Waals surface area contributed by atoms with Crippen LogP contribution in [0.2, 0.25) is 0 Å². The highest BCUT2D eigenvalue weighted by atomic mass is 16.5. The Kier molecular flexibility index (Phi) is 3.91. The first kappa shape index (κ1) is 12.4. The lowest BCUT2D eigenvalue weighted by Crippen LogP contribution is -2.41. The van der Waals surface area contributed by atoms with Crippen molar-refractivity contribution in [2.24, 2.45) is 5.41 Å². The Bertz CT molecular complexity index is 209. The minimum absolute atomic E-state index is 0.511. The molecule has 2 saturated carbocycles. The van der Waals surface area contributed by atoms with Crippen LogP contribution in [0.5, 0.6) is 0 Å². The second-order valence-electron chi connectivity index (χ2n) is 5.98. The molecule has 0 aliphatic heterocycles. The summed E-state index contributed by atoms with van der Waals surface area (Å²) < 4.78 is 5.53. The molecule has 2 heteroatoms. The highest BCUT2D eigenvalue weighted by Crippen LogP contribution is 2.51. The largest absolute Gasteiger partial charge is 0.387 e. The molecule has 2 nitrogen and oxygen atoms in total. The first-order valence-corrected chi connectivity index (χ1v) is 6.98. The van der Waals surface area contributed by atoms with Crippen LogP contribution in [-0.2, 0) is 4.74 Å². The van der Waals surface area contributed by atoms with Crippen LogP contribution in [0.25, 0.3) is 0 Å². The SMILES string of the molecule is CCCOCC1(O)CCC2(CCCC2)CC1. The van der Waals surface area contributed by atoms with Crippen LogP contribution in [0.3, 0.4) is 0 Å². The Hall–Kier alpha value is -0.0800. The average Bonchev–Trinajstić information content (AvgIpc) is 2.73. The van der Waals surface area contributed by atoms with E-state index in [9.17, 15) is 5.11 Å². The summed E-state index contributed by atoms with van der Waals surface area (Å²) in [6, 6.07) is 0. The highest BCUT2D eigenvalue weighted by molar-refractivity contribution is 4.95. The van der Waals surface area contributed by atoms with E-state index in [0.29, 0.717) is 12.0 Å². The smallest absolute Gasteiger partial charge is 0.0880 e. The molecule has 16 heavy (non-hydrogen) atoms. The van der Waals surface area contributed by atoms with E-state index in [1.54, 1.807) is 0 Å². The van der Waals surface area contributed by atoms with E-state index in [0.717, 1.165) is 25.9 Å². The summed E-state index contributed by atoms with van der Waals surface area (Å²) in [5.41, 5.74) is 0.0972. The zero-order chi connectivity index (χ0) is 11.5. The van der Waals surface area contributed by atoms with Crippen molar-refractivity contribution in [3.05, 3.63) is 0 Å². The van der Waals surface area contributed by atoms with Gasteiger partial charge >= 0.3 is 0 Å². The van der Waals surface area contributed by atoms with Gasteiger partial charge in [0.1, 0.15) is 0 Å². The second kappa shape index (κ2) is 5.05. The molecule has 2 fully saturated rings. The van der Waals surface area contributed by atoms with Gasteiger partial charge in [0, 0.05) is 6.61 Å². The molecule has 2 rings (SSSR count). The monoisotopic (exact) mass is 226 g/mol. The first-order valence-electron chi connectivity index (χ1n) is 6.98. The summed E-state index contributed by atoms with van der Waals surface area (Å²) >= 11 is 0. The van der Waals surface area contributed by atoms with Gasteiger partial charge in [0.25, 0.3) is 0 Å². The number of aliphatic hydroxyl groups is 1. The summed E-state index contributed by atoms with van der Waals surface area (Å²) in [5, 5.41) is 10.4. The van der Waals surface area contributed by atoms with Crippen molar-refractivity contribution < 1.29 is 9.84 Å². The zero-order valence-electron chi connectivity index (χ0n) is 10.6. The van der Waals surface area contributed by atoms with Gasteiger partial charge < -0.3 is 9.84 Å². The van der Waals surface area contributed by atoms with E-state index in [1.165, 1.54) is 38.5 Å². The molecule has 0 aromatic heterocycles. The first-order chi connectivity index (χ1) is 7.68. The van der Waals surface area contributed by atoms with Crippen molar-refractivity contribution in [3.8, 4) is 0 Å². The summed E-state index contributed by atoms with van der Waals surface area (Å²) in [4.78, 5) is 0. The van der Waals surface area contributed by atoms with Gasteiger partial charge in [0.15, 0.2) is 0 Å². The van der Waals surface area contributed by atoms with Crippen LogP contribution in [0.4, 0.5) is 0 Å². The molecule has 0 unspecified atom stereocenters. The molecule has 1 spiro atoms. The molecule has 0 aromatic rings. The van der Waals surface area contributed by atoms with Gasteiger partial charge in [-0.05, 0) is 50.4 Å². The van der Waals surface area contributed by atoms with Gasteiger partial charge in [0.05, 0.1) is 12.2 Å². The van der Waals surface area contributed by atoms with E-state index >= 15 is 0 Å². The zero-order valence-corrected chi connectivity index (χ0v) is 10.6. The summed E-state index contributed by atoms with van der Waals surface area (Å²) in [6.07, 6.45) is 11.0. The lowest BCUT2D eigenvalue weighted by molar-refractivity contribution is -0.0887. The molecule has 94 valence electrons. The molecule has 0 bridgehead atoms. The van der Waals surface area contributed by atoms with Crippen LogP contribution in [0, 0.1) is 5.41 Å². The molecular weight excluding hydrogens is 200 g/mol. The third-order valence-electron chi connectivity index (χ3n) is 4.62. The lowest BCUT2D eigenvalue weighted by atomic mass is 9.68. The van der Waals surface area contributed by atoms with Crippen LogP contribution in [0.15, 0.2) is 0 Å². The average molecular weight is 226 g/mol. The maximum atomic E-state index is 10.4. The molecule has 0 radical (unpaired) electrons. The van der Waals surface area contributed by atoms with Crippen molar-refractivity contribution in [2.75, 3.05) is 13.2 Å². The lowest BCUT2D eigenvalue weighted by Gasteiger charge is -2.42. The molecule has 0 saturated heterocycles. The Morgan fingerprint density at radius 1 is 1.00 bits per heavy atom. The number of rotatable bonds is 4. The normalized spacial score (nSPS) is 27.4. The van der Waals surface area contributed by atoms with Gasteiger partial charge in [-0.3, -0.25) is 0 Å².